The third kappa shape index (κ3) is 2.02. The van der Waals surface area contributed by atoms with Crippen LogP contribution in [0.1, 0.15) is 55.1 Å². The first-order chi connectivity index (χ1) is 9.63. The number of aliphatic hydroxyl groups excluding tert-OH is 1. The molecule has 1 aromatic heterocycles. The molecule has 4 nitrogen and oxygen atoms in total. The number of carbonyl (C=O) groups excluding carboxylic acids is 1. The molecule has 1 amide bonds. The highest BCUT2D eigenvalue weighted by molar-refractivity contribution is 9.10. The lowest BCUT2D eigenvalue weighted by Crippen LogP contribution is -2.48. The molecule has 3 fully saturated rings. The molecule has 2 atom stereocenters. The normalized spacial score (nSPS) is 32.7. The Morgan fingerprint density at radius 2 is 1.75 bits per heavy atom. The van der Waals surface area contributed by atoms with Crippen LogP contribution in [-0.4, -0.2) is 38.7 Å². The summed E-state index contributed by atoms with van der Waals surface area (Å²) in [5.74, 6) is 0.155. The van der Waals surface area contributed by atoms with Crippen LogP contribution < -0.4 is 0 Å². The Morgan fingerprint density at radius 3 is 2.35 bits per heavy atom. The van der Waals surface area contributed by atoms with Gasteiger partial charge in [0.05, 0.1) is 6.10 Å². The highest BCUT2D eigenvalue weighted by Gasteiger charge is 2.44. The summed E-state index contributed by atoms with van der Waals surface area (Å²) in [6, 6.07) is 2.92. The van der Waals surface area contributed by atoms with Gasteiger partial charge in [-0.05, 0) is 60.5 Å². The number of carbonyl (C=O) groups is 1. The standard InChI is InChI=1S/C15H19BrN2O2/c16-9-5-14(17(8-9)10-1-2-10)15(20)18-11-3-4-12(18)7-13(19)6-11/h5,8,10-13,19H,1-4,6-7H2. The summed E-state index contributed by atoms with van der Waals surface area (Å²) >= 11 is 3.50. The average molecular weight is 339 g/mol. The van der Waals surface area contributed by atoms with Crippen LogP contribution in [0.2, 0.25) is 0 Å². The van der Waals surface area contributed by atoms with Gasteiger partial charge in [0, 0.05) is 28.8 Å². The van der Waals surface area contributed by atoms with E-state index in [0.717, 1.165) is 35.8 Å². The van der Waals surface area contributed by atoms with E-state index in [1.165, 1.54) is 12.8 Å². The van der Waals surface area contributed by atoms with Gasteiger partial charge in [0.25, 0.3) is 5.91 Å². The van der Waals surface area contributed by atoms with Crippen molar-refractivity contribution in [2.45, 2.75) is 62.8 Å². The topological polar surface area (TPSA) is 45.5 Å². The SMILES string of the molecule is O=C(c1cc(Br)cn1C1CC1)N1C2CCC1CC(O)C2. The Kier molecular flexibility index (Phi) is 2.96. The summed E-state index contributed by atoms with van der Waals surface area (Å²) < 4.78 is 3.12. The monoisotopic (exact) mass is 338 g/mol. The summed E-state index contributed by atoms with van der Waals surface area (Å²) in [6.07, 6.45) is 7.72. The van der Waals surface area contributed by atoms with E-state index >= 15 is 0 Å². The fraction of sp³-hybridized carbons (Fsp3) is 0.667. The van der Waals surface area contributed by atoms with Gasteiger partial charge >= 0.3 is 0 Å². The van der Waals surface area contributed by atoms with E-state index in [9.17, 15) is 9.90 Å². The molecule has 2 unspecified atom stereocenters. The minimum absolute atomic E-state index is 0.155. The summed E-state index contributed by atoms with van der Waals surface area (Å²) in [5.41, 5.74) is 0.813. The quantitative estimate of drug-likeness (QED) is 0.901. The van der Waals surface area contributed by atoms with E-state index in [1.54, 1.807) is 0 Å². The molecule has 1 saturated carbocycles. The van der Waals surface area contributed by atoms with Gasteiger partial charge in [-0.1, -0.05) is 0 Å². The van der Waals surface area contributed by atoms with E-state index in [4.69, 9.17) is 0 Å². The lowest BCUT2D eigenvalue weighted by atomic mass is 9.99. The molecule has 4 rings (SSSR count). The molecular weight excluding hydrogens is 320 g/mol. The number of aliphatic hydroxyl groups is 1. The second-order valence-corrected chi connectivity index (χ2v) is 7.32. The summed E-state index contributed by atoms with van der Waals surface area (Å²) in [5, 5.41) is 9.87. The van der Waals surface area contributed by atoms with Crippen LogP contribution in [0.4, 0.5) is 0 Å². The van der Waals surface area contributed by atoms with Crippen molar-refractivity contribution in [1.82, 2.24) is 9.47 Å². The lowest BCUT2D eigenvalue weighted by Gasteiger charge is -2.37. The van der Waals surface area contributed by atoms with Crippen LogP contribution in [-0.2, 0) is 0 Å². The first kappa shape index (κ1) is 12.9. The number of aromatic nitrogens is 1. The highest BCUT2D eigenvalue weighted by Crippen LogP contribution is 2.40. The van der Waals surface area contributed by atoms with Gasteiger partial charge in [0.2, 0.25) is 0 Å². The third-order valence-electron chi connectivity index (χ3n) is 4.92. The molecule has 1 aliphatic carbocycles. The zero-order chi connectivity index (χ0) is 13.9. The molecule has 0 spiro atoms. The van der Waals surface area contributed by atoms with Crippen molar-refractivity contribution in [2.75, 3.05) is 0 Å². The number of rotatable bonds is 2. The van der Waals surface area contributed by atoms with E-state index in [2.05, 4.69) is 20.5 Å². The Hall–Kier alpha value is -0.810. The molecule has 5 heteroatoms. The van der Waals surface area contributed by atoms with Crippen LogP contribution >= 0.6 is 15.9 Å². The maximum atomic E-state index is 12.9. The van der Waals surface area contributed by atoms with Crippen molar-refractivity contribution in [3.05, 3.63) is 22.4 Å². The molecule has 2 bridgehead atoms. The van der Waals surface area contributed by atoms with Gasteiger partial charge in [-0.2, -0.15) is 0 Å². The highest BCUT2D eigenvalue weighted by atomic mass is 79.9. The van der Waals surface area contributed by atoms with Crippen molar-refractivity contribution in [3.63, 3.8) is 0 Å². The largest absolute Gasteiger partial charge is 0.393 e. The van der Waals surface area contributed by atoms with E-state index in [-0.39, 0.29) is 24.1 Å². The zero-order valence-corrected chi connectivity index (χ0v) is 12.9. The fourth-order valence-electron chi connectivity index (χ4n) is 3.88. The molecule has 3 aliphatic rings. The molecule has 1 aromatic rings. The smallest absolute Gasteiger partial charge is 0.271 e. The Balaban J connectivity index is 1.64. The van der Waals surface area contributed by atoms with E-state index < -0.39 is 0 Å². The lowest BCUT2D eigenvalue weighted by molar-refractivity contribution is 0.0279. The Morgan fingerprint density at radius 1 is 1.15 bits per heavy atom. The van der Waals surface area contributed by atoms with Gasteiger partial charge in [-0.3, -0.25) is 4.79 Å². The maximum absolute atomic E-state index is 12.9. The predicted octanol–water partition coefficient (Wildman–Crippen LogP) is 2.71. The van der Waals surface area contributed by atoms with Gasteiger partial charge in [-0.25, -0.2) is 0 Å². The van der Waals surface area contributed by atoms with Crippen LogP contribution in [0.5, 0.6) is 0 Å². The number of halogens is 1. The molecule has 20 heavy (non-hydrogen) atoms. The summed E-state index contributed by atoms with van der Waals surface area (Å²) in [4.78, 5) is 15.0. The van der Waals surface area contributed by atoms with Crippen molar-refractivity contribution in [2.24, 2.45) is 0 Å². The second-order valence-electron chi connectivity index (χ2n) is 6.40. The van der Waals surface area contributed by atoms with Crippen LogP contribution in [0, 0.1) is 0 Å². The van der Waals surface area contributed by atoms with E-state index in [1.807, 2.05) is 17.2 Å². The number of hydrogen-bond donors (Lipinski definition) is 1. The number of fused-ring (bicyclic) bond motifs is 2. The van der Waals surface area contributed by atoms with Gasteiger partial charge in [-0.15, -0.1) is 0 Å². The predicted molar refractivity (Wildman–Crippen MR) is 78.6 cm³/mol. The van der Waals surface area contributed by atoms with Crippen LogP contribution in [0.15, 0.2) is 16.7 Å². The van der Waals surface area contributed by atoms with E-state index in [0.29, 0.717) is 6.04 Å². The molecule has 3 heterocycles. The average Bonchev–Trinajstić information content (AvgIpc) is 3.12. The Bertz CT molecular complexity index is 538. The second kappa shape index (κ2) is 4.60. The van der Waals surface area contributed by atoms with Crippen molar-refractivity contribution >= 4 is 21.8 Å². The van der Waals surface area contributed by atoms with Crippen molar-refractivity contribution in [1.29, 1.82) is 0 Å². The molecule has 108 valence electrons. The molecular formula is C15H19BrN2O2. The van der Waals surface area contributed by atoms with Crippen LogP contribution in [0.25, 0.3) is 0 Å². The summed E-state index contributed by atoms with van der Waals surface area (Å²) in [6.45, 7) is 0. The molecule has 2 saturated heterocycles. The van der Waals surface area contributed by atoms with Crippen LogP contribution in [0.3, 0.4) is 0 Å². The zero-order valence-electron chi connectivity index (χ0n) is 11.3. The maximum Gasteiger partial charge on any atom is 0.271 e. The van der Waals surface area contributed by atoms with Gasteiger partial charge in [0.1, 0.15) is 5.69 Å². The molecule has 0 aromatic carbocycles. The molecule has 0 radical (unpaired) electrons. The number of piperidine rings is 1. The van der Waals surface area contributed by atoms with Crippen molar-refractivity contribution < 1.29 is 9.90 Å². The van der Waals surface area contributed by atoms with Gasteiger partial charge in [0.15, 0.2) is 0 Å². The molecule has 2 aliphatic heterocycles. The fourth-order valence-corrected chi connectivity index (χ4v) is 4.32. The number of nitrogens with zero attached hydrogens (tertiary/aromatic N) is 2. The number of hydrogen-bond acceptors (Lipinski definition) is 2. The molecule has 1 N–H and O–H groups in total. The van der Waals surface area contributed by atoms with Crippen molar-refractivity contribution in [3.8, 4) is 0 Å². The number of amides is 1. The minimum Gasteiger partial charge on any atom is -0.393 e. The summed E-state index contributed by atoms with van der Waals surface area (Å²) in [7, 11) is 0. The minimum atomic E-state index is -0.224. The third-order valence-corrected chi connectivity index (χ3v) is 5.35. The van der Waals surface area contributed by atoms with Gasteiger partial charge < -0.3 is 14.6 Å². The first-order valence-corrected chi connectivity index (χ1v) is 8.31. The first-order valence-electron chi connectivity index (χ1n) is 7.51. The Labute approximate surface area is 126 Å².